The first-order chi connectivity index (χ1) is 12.5. The Morgan fingerprint density at radius 1 is 1.08 bits per heavy atom. The largest absolute Gasteiger partial charge is 0.366 e. The van der Waals surface area contributed by atoms with Gasteiger partial charge in [0.05, 0.1) is 0 Å². The van der Waals surface area contributed by atoms with E-state index < -0.39 is 5.91 Å². The van der Waals surface area contributed by atoms with Crippen LogP contribution in [0.2, 0.25) is 0 Å². The first kappa shape index (κ1) is 17.7. The predicted molar refractivity (Wildman–Crippen MR) is 104 cm³/mol. The third-order valence-corrected chi connectivity index (χ3v) is 4.60. The standard InChI is InChI=1S/C21H23N3O2/c1-3-4-13-24-18-8-6-5-7-17(18)14(2)19(24)21(26)23-16-11-9-15(10-12-16)20(22)25/h5-12H,3-4,13H2,1-2H3,(H2,22,25)(H,23,26). The van der Waals surface area contributed by atoms with Crippen molar-refractivity contribution >= 4 is 28.4 Å². The van der Waals surface area contributed by atoms with Gasteiger partial charge in [-0.1, -0.05) is 31.5 Å². The molecule has 2 amide bonds. The molecule has 0 radical (unpaired) electrons. The van der Waals surface area contributed by atoms with Crippen molar-refractivity contribution in [2.24, 2.45) is 5.73 Å². The van der Waals surface area contributed by atoms with Crippen molar-refractivity contribution in [3.63, 3.8) is 0 Å². The van der Waals surface area contributed by atoms with Crippen LogP contribution in [0.3, 0.4) is 0 Å². The smallest absolute Gasteiger partial charge is 0.272 e. The van der Waals surface area contributed by atoms with Crippen LogP contribution in [0.1, 0.15) is 46.2 Å². The molecule has 0 aliphatic heterocycles. The molecule has 0 saturated carbocycles. The summed E-state index contributed by atoms with van der Waals surface area (Å²) in [6.45, 7) is 4.92. The molecular formula is C21H23N3O2. The molecule has 0 atom stereocenters. The van der Waals surface area contributed by atoms with Crippen molar-refractivity contribution in [3.05, 3.63) is 65.4 Å². The van der Waals surface area contributed by atoms with Crippen LogP contribution in [0.4, 0.5) is 5.69 Å². The minimum Gasteiger partial charge on any atom is -0.366 e. The number of fused-ring (bicyclic) bond motifs is 1. The van der Waals surface area contributed by atoms with Gasteiger partial charge < -0.3 is 15.6 Å². The van der Waals surface area contributed by atoms with E-state index in [2.05, 4.69) is 22.9 Å². The second kappa shape index (κ2) is 7.44. The highest BCUT2D eigenvalue weighted by Crippen LogP contribution is 2.27. The SMILES string of the molecule is CCCCn1c(C(=O)Nc2ccc(C(N)=O)cc2)c(C)c2ccccc21. The van der Waals surface area contributed by atoms with Gasteiger partial charge in [0.1, 0.15) is 5.69 Å². The van der Waals surface area contributed by atoms with Gasteiger partial charge in [-0.25, -0.2) is 0 Å². The topological polar surface area (TPSA) is 77.1 Å². The second-order valence-corrected chi connectivity index (χ2v) is 6.39. The van der Waals surface area contributed by atoms with Gasteiger partial charge >= 0.3 is 0 Å². The molecule has 0 bridgehead atoms. The zero-order valence-electron chi connectivity index (χ0n) is 15.1. The Hall–Kier alpha value is -3.08. The number of primary amides is 1. The number of para-hydroxylation sites is 1. The summed E-state index contributed by atoms with van der Waals surface area (Å²) in [7, 11) is 0. The number of aryl methyl sites for hydroxylation is 2. The van der Waals surface area contributed by atoms with Gasteiger partial charge in [0, 0.05) is 28.7 Å². The summed E-state index contributed by atoms with van der Waals surface area (Å²) < 4.78 is 2.10. The predicted octanol–water partition coefficient (Wildman–Crippen LogP) is 4.10. The minimum atomic E-state index is -0.488. The van der Waals surface area contributed by atoms with Gasteiger partial charge in [-0.2, -0.15) is 0 Å². The van der Waals surface area contributed by atoms with E-state index in [1.807, 2.05) is 25.1 Å². The maximum atomic E-state index is 13.0. The molecule has 1 aromatic heterocycles. The summed E-state index contributed by atoms with van der Waals surface area (Å²) in [6.07, 6.45) is 2.06. The highest BCUT2D eigenvalue weighted by Gasteiger charge is 2.20. The molecule has 2 aromatic carbocycles. The number of carbonyl (C=O) groups is 2. The number of aromatic nitrogens is 1. The van der Waals surface area contributed by atoms with Crippen molar-refractivity contribution in [2.45, 2.75) is 33.2 Å². The summed E-state index contributed by atoms with van der Waals surface area (Å²) >= 11 is 0. The summed E-state index contributed by atoms with van der Waals surface area (Å²) in [5, 5.41) is 4.03. The van der Waals surface area contributed by atoms with Crippen LogP contribution < -0.4 is 11.1 Å². The Balaban J connectivity index is 1.96. The van der Waals surface area contributed by atoms with Crippen LogP contribution in [-0.4, -0.2) is 16.4 Å². The first-order valence-corrected chi connectivity index (χ1v) is 8.82. The van der Waals surface area contributed by atoms with Crippen molar-refractivity contribution in [2.75, 3.05) is 5.32 Å². The molecule has 1 heterocycles. The number of anilines is 1. The van der Waals surface area contributed by atoms with E-state index in [9.17, 15) is 9.59 Å². The number of nitrogens with one attached hydrogen (secondary N) is 1. The Labute approximate surface area is 152 Å². The van der Waals surface area contributed by atoms with Crippen molar-refractivity contribution < 1.29 is 9.59 Å². The number of hydrogen-bond acceptors (Lipinski definition) is 2. The van der Waals surface area contributed by atoms with Gasteiger partial charge in [-0.15, -0.1) is 0 Å². The first-order valence-electron chi connectivity index (χ1n) is 8.82. The maximum Gasteiger partial charge on any atom is 0.272 e. The molecular weight excluding hydrogens is 326 g/mol. The van der Waals surface area contributed by atoms with Gasteiger partial charge in [-0.3, -0.25) is 9.59 Å². The van der Waals surface area contributed by atoms with Crippen LogP contribution in [-0.2, 0) is 6.54 Å². The molecule has 0 spiro atoms. The molecule has 0 aliphatic carbocycles. The lowest BCUT2D eigenvalue weighted by atomic mass is 10.1. The second-order valence-electron chi connectivity index (χ2n) is 6.39. The summed E-state index contributed by atoms with van der Waals surface area (Å²) in [5.41, 5.74) is 9.03. The van der Waals surface area contributed by atoms with Crippen LogP contribution in [0, 0.1) is 6.92 Å². The third-order valence-electron chi connectivity index (χ3n) is 4.60. The van der Waals surface area contributed by atoms with E-state index in [1.54, 1.807) is 24.3 Å². The molecule has 134 valence electrons. The quantitative estimate of drug-likeness (QED) is 0.703. The average molecular weight is 349 g/mol. The Morgan fingerprint density at radius 3 is 2.42 bits per heavy atom. The van der Waals surface area contributed by atoms with Crippen LogP contribution in [0.25, 0.3) is 10.9 Å². The number of carbonyl (C=O) groups excluding carboxylic acids is 2. The molecule has 0 saturated heterocycles. The molecule has 0 unspecified atom stereocenters. The fraction of sp³-hybridized carbons (Fsp3) is 0.238. The van der Waals surface area contributed by atoms with Crippen molar-refractivity contribution in [1.82, 2.24) is 4.57 Å². The molecule has 5 heteroatoms. The average Bonchev–Trinajstić information content (AvgIpc) is 2.93. The molecule has 3 aromatic rings. The number of unbranched alkanes of at least 4 members (excludes halogenated alkanes) is 1. The highest BCUT2D eigenvalue weighted by molar-refractivity contribution is 6.08. The number of benzene rings is 2. The van der Waals surface area contributed by atoms with E-state index in [-0.39, 0.29) is 5.91 Å². The normalized spacial score (nSPS) is 10.8. The van der Waals surface area contributed by atoms with Gasteiger partial charge in [0.15, 0.2) is 0 Å². The van der Waals surface area contributed by atoms with Gasteiger partial charge in [0.2, 0.25) is 5.91 Å². The Kier molecular flexibility index (Phi) is 5.07. The lowest BCUT2D eigenvalue weighted by Gasteiger charge is -2.12. The summed E-state index contributed by atoms with van der Waals surface area (Å²) in [4.78, 5) is 24.2. The molecule has 3 rings (SSSR count). The highest BCUT2D eigenvalue weighted by atomic mass is 16.2. The maximum absolute atomic E-state index is 13.0. The molecule has 26 heavy (non-hydrogen) atoms. The van der Waals surface area contributed by atoms with Crippen LogP contribution >= 0.6 is 0 Å². The number of rotatable bonds is 6. The van der Waals surface area contributed by atoms with E-state index in [1.165, 1.54) is 0 Å². The lowest BCUT2D eigenvalue weighted by molar-refractivity contribution is 0.0997. The molecule has 5 nitrogen and oxygen atoms in total. The lowest BCUT2D eigenvalue weighted by Crippen LogP contribution is -2.18. The van der Waals surface area contributed by atoms with Gasteiger partial charge in [0.25, 0.3) is 5.91 Å². The van der Waals surface area contributed by atoms with E-state index in [0.717, 1.165) is 35.9 Å². The minimum absolute atomic E-state index is 0.151. The summed E-state index contributed by atoms with van der Waals surface area (Å²) in [5.74, 6) is -0.639. The van der Waals surface area contributed by atoms with Gasteiger partial charge in [-0.05, 0) is 49.2 Å². The number of hydrogen-bond donors (Lipinski definition) is 2. The Bertz CT molecular complexity index is 955. The zero-order chi connectivity index (χ0) is 18.7. The van der Waals surface area contributed by atoms with Crippen molar-refractivity contribution in [3.8, 4) is 0 Å². The zero-order valence-corrected chi connectivity index (χ0v) is 15.1. The molecule has 0 aliphatic rings. The summed E-state index contributed by atoms with van der Waals surface area (Å²) in [6, 6.07) is 14.7. The molecule has 3 N–H and O–H groups in total. The van der Waals surface area contributed by atoms with Crippen LogP contribution in [0.15, 0.2) is 48.5 Å². The van der Waals surface area contributed by atoms with E-state index in [4.69, 9.17) is 5.73 Å². The monoisotopic (exact) mass is 349 g/mol. The number of nitrogens with zero attached hydrogens (tertiary/aromatic N) is 1. The van der Waals surface area contributed by atoms with Crippen molar-refractivity contribution in [1.29, 1.82) is 0 Å². The van der Waals surface area contributed by atoms with E-state index in [0.29, 0.717) is 16.9 Å². The van der Waals surface area contributed by atoms with E-state index >= 15 is 0 Å². The fourth-order valence-corrected chi connectivity index (χ4v) is 3.23. The fourth-order valence-electron chi connectivity index (χ4n) is 3.23. The Morgan fingerprint density at radius 2 is 1.77 bits per heavy atom. The van der Waals surface area contributed by atoms with Crippen LogP contribution in [0.5, 0.6) is 0 Å². The molecule has 0 fully saturated rings. The third kappa shape index (κ3) is 3.33. The number of nitrogens with two attached hydrogens (primary N) is 1. The number of amides is 2.